The second kappa shape index (κ2) is 5.08. The zero-order valence-corrected chi connectivity index (χ0v) is 12.0. The van der Waals surface area contributed by atoms with Gasteiger partial charge in [-0.1, -0.05) is 11.6 Å². The normalized spacial score (nSPS) is 18.5. The molecule has 0 radical (unpaired) electrons. The van der Waals surface area contributed by atoms with E-state index in [2.05, 4.69) is 5.32 Å². The lowest BCUT2D eigenvalue weighted by Gasteiger charge is -2.25. The Morgan fingerprint density at radius 3 is 2.67 bits per heavy atom. The molecule has 1 aromatic rings. The highest BCUT2D eigenvalue weighted by Gasteiger charge is 2.48. The molecule has 1 atom stereocenters. The molecule has 0 aliphatic heterocycles. The maximum Gasteiger partial charge on any atom is 0.124 e. The van der Waals surface area contributed by atoms with Crippen LogP contribution in [-0.4, -0.2) is 20.7 Å². The highest BCUT2D eigenvalue weighted by Crippen LogP contribution is 2.54. The summed E-state index contributed by atoms with van der Waals surface area (Å²) in [5, 5.41) is 3.98. The summed E-state index contributed by atoms with van der Waals surface area (Å²) >= 11 is 6.21. The molecule has 0 amide bonds. The Balaban J connectivity index is 2.35. The Labute approximate surface area is 114 Å². The van der Waals surface area contributed by atoms with Crippen molar-refractivity contribution in [3.63, 3.8) is 0 Å². The van der Waals surface area contributed by atoms with Gasteiger partial charge in [0.15, 0.2) is 0 Å². The van der Waals surface area contributed by atoms with E-state index in [4.69, 9.17) is 22.1 Å². The molecule has 1 unspecified atom stereocenters. The van der Waals surface area contributed by atoms with Crippen LogP contribution in [0.2, 0.25) is 5.02 Å². The Morgan fingerprint density at radius 1 is 1.50 bits per heavy atom. The summed E-state index contributed by atoms with van der Waals surface area (Å²) in [6, 6.07) is 3.89. The maximum atomic E-state index is 6.44. The van der Waals surface area contributed by atoms with Gasteiger partial charge in [0, 0.05) is 28.6 Å². The van der Waals surface area contributed by atoms with Crippen LogP contribution in [0.3, 0.4) is 0 Å². The van der Waals surface area contributed by atoms with Crippen molar-refractivity contribution in [1.29, 1.82) is 0 Å². The quantitative estimate of drug-likeness (QED) is 0.863. The van der Waals surface area contributed by atoms with E-state index in [1.807, 2.05) is 26.1 Å². The molecule has 3 nitrogen and oxygen atoms in total. The van der Waals surface area contributed by atoms with E-state index in [1.165, 1.54) is 0 Å². The number of hydrogen-bond acceptors (Lipinski definition) is 3. The van der Waals surface area contributed by atoms with Gasteiger partial charge in [-0.05, 0) is 44.5 Å². The summed E-state index contributed by atoms with van der Waals surface area (Å²) in [7, 11) is 3.64. The Bertz CT molecular complexity index is 444. The van der Waals surface area contributed by atoms with Crippen LogP contribution in [0.5, 0.6) is 5.75 Å². The molecule has 100 valence electrons. The molecule has 2 rings (SSSR count). The molecule has 1 aliphatic rings. The molecule has 3 N–H and O–H groups in total. The molecule has 1 aliphatic carbocycles. The zero-order valence-electron chi connectivity index (χ0n) is 11.2. The molecule has 0 spiro atoms. The number of nitrogens with one attached hydrogen (secondary N) is 1. The summed E-state index contributed by atoms with van der Waals surface area (Å²) in [6.45, 7) is 2.91. The zero-order chi connectivity index (χ0) is 13.3. The molecule has 0 saturated heterocycles. The molecule has 18 heavy (non-hydrogen) atoms. The first kappa shape index (κ1) is 13.7. The Kier molecular flexibility index (Phi) is 3.85. The van der Waals surface area contributed by atoms with Crippen molar-refractivity contribution >= 4 is 11.6 Å². The SMILES string of the molecule is CNCC1(C(N)c2cc(Cl)c(C)cc2OC)CC1. The Morgan fingerprint density at radius 2 is 2.17 bits per heavy atom. The standard InChI is InChI=1S/C14H21ClN2O/c1-9-6-12(18-3)10(7-11(9)15)13(16)14(4-5-14)8-17-2/h6-7,13,17H,4-5,8,16H2,1-3H3. The summed E-state index contributed by atoms with van der Waals surface area (Å²) in [5.41, 5.74) is 8.64. The molecule has 1 saturated carbocycles. The van der Waals surface area contributed by atoms with Crippen LogP contribution in [0, 0.1) is 12.3 Å². The summed E-state index contributed by atoms with van der Waals surface area (Å²) in [4.78, 5) is 0. The smallest absolute Gasteiger partial charge is 0.124 e. The van der Waals surface area contributed by atoms with Crippen LogP contribution >= 0.6 is 11.6 Å². The first-order valence-electron chi connectivity index (χ1n) is 6.28. The van der Waals surface area contributed by atoms with Crippen molar-refractivity contribution in [2.75, 3.05) is 20.7 Å². The lowest BCUT2D eigenvalue weighted by Crippen LogP contribution is -2.31. The highest BCUT2D eigenvalue weighted by atomic mass is 35.5. The van der Waals surface area contributed by atoms with Gasteiger partial charge in [0.05, 0.1) is 7.11 Å². The molecule has 1 fully saturated rings. The van der Waals surface area contributed by atoms with Crippen LogP contribution in [-0.2, 0) is 0 Å². The van der Waals surface area contributed by atoms with Crippen molar-refractivity contribution in [3.8, 4) is 5.75 Å². The molecular weight excluding hydrogens is 248 g/mol. The second-order valence-electron chi connectivity index (χ2n) is 5.21. The largest absolute Gasteiger partial charge is 0.496 e. The predicted octanol–water partition coefficient (Wildman–Crippen LogP) is 2.66. The monoisotopic (exact) mass is 268 g/mol. The molecule has 0 bridgehead atoms. The van der Waals surface area contributed by atoms with Gasteiger partial charge >= 0.3 is 0 Å². The van der Waals surface area contributed by atoms with Crippen molar-refractivity contribution in [2.24, 2.45) is 11.1 Å². The fraction of sp³-hybridized carbons (Fsp3) is 0.571. The molecule has 4 heteroatoms. The van der Waals surface area contributed by atoms with Gasteiger partial charge in [0.25, 0.3) is 0 Å². The number of ether oxygens (including phenoxy) is 1. The van der Waals surface area contributed by atoms with E-state index in [1.54, 1.807) is 7.11 Å². The second-order valence-corrected chi connectivity index (χ2v) is 5.62. The molecule has 0 heterocycles. The lowest BCUT2D eigenvalue weighted by atomic mass is 9.89. The topological polar surface area (TPSA) is 47.3 Å². The van der Waals surface area contributed by atoms with Crippen LogP contribution in [0.15, 0.2) is 12.1 Å². The van der Waals surface area contributed by atoms with Crippen LogP contribution in [0.1, 0.15) is 30.0 Å². The highest BCUT2D eigenvalue weighted by molar-refractivity contribution is 6.31. The Hall–Kier alpha value is -0.770. The number of rotatable bonds is 5. The van der Waals surface area contributed by atoms with Gasteiger partial charge in [-0.25, -0.2) is 0 Å². The van der Waals surface area contributed by atoms with Gasteiger partial charge in [-0.2, -0.15) is 0 Å². The minimum atomic E-state index is -0.0296. The van der Waals surface area contributed by atoms with Gasteiger partial charge in [0.1, 0.15) is 5.75 Å². The molecular formula is C14H21ClN2O. The lowest BCUT2D eigenvalue weighted by molar-refractivity contribution is 0.363. The van der Waals surface area contributed by atoms with Crippen molar-refractivity contribution in [3.05, 3.63) is 28.3 Å². The summed E-state index contributed by atoms with van der Waals surface area (Å²) < 4.78 is 5.44. The van der Waals surface area contributed by atoms with Crippen LogP contribution in [0.25, 0.3) is 0 Å². The van der Waals surface area contributed by atoms with E-state index >= 15 is 0 Å². The first-order valence-corrected chi connectivity index (χ1v) is 6.66. The fourth-order valence-electron chi connectivity index (χ4n) is 2.53. The number of aryl methyl sites for hydroxylation is 1. The third-order valence-electron chi connectivity index (χ3n) is 3.93. The number of halogens is 1. The average molecular weight is 269 g/mol. The van der Waals surface area contributed by atoms with Gasteiger partial charge in [0.2, 0.25) is 0 Å². The summed E-state index contributed by atoms with van der Waals surface area (Å²) in [5.74, 6) is 0.840. The van der Waals surface area contributed by atoms with E-state index < -0.39 is 0 Å². The fourth-order valence-corrected chi connectivity index (χ4v) is 2.70. The minimum absolute atomic E-state index is 0.0296. The first-order chi connectivity index (χ1) is 8.54. The van der Waals surface area contributed by atoms with Crippen LogP contribution in [0.4, 0.5) is 0 Å². The van der Waals surface area contributed by atoms with E-state index in [0.29, 0.717) is 0 Å². The number of benzene rings is 1. The van der Waals surface area contributed by atoms with Crippen molar-refractivity contribution < 1.29 is 4.74 Å². The number of methoxy groups -OCH3 is 1. The van der Waals surface area contributed by atoms with E-state index in [0.717, 1.165) is 41.3 Å². The van der Waals surface area contributed by atoms with E-state index in [9.17, 15) is 0 Å². The van der Waals surface area contributed by atoms with Gasteiger partial charge in [-0.3, -0.25) is 0 Å². The van der Waals surface area contributed by atoms with Crippen LogP contribution < -0.4 is 15.8 Å². The minimum Gasteiger partial charge on any atom is -0.496 e. The third kappa shape index (κ3) is 2.35. The third-order valence-corrected chi connectivity index (χ3v) is 4.33. The van der Waals surface area contributed by atoms with Crippen molar-refractivity contribution in [1.82, 2.24) is 5.32 Å². The number of hydrogen-bond donors (Lipinski definition) is 2. The number of nitrogens with two attached hydrogens (primary N) is 1. The molecule has 1 aromatic carbocycles. The van der Waals surface area contributed by atoms with Gasteiger partial charge < -0.3 is 15.8 Å². The van der Waals surface area contributed by atoms with Gasteiger partial charge in [-0.15, -0.1) is 0 Å². The van der Waals surface area contributed by atoms with Crippen molar-refractivity contribution in [2.45, 2.75) is 25.8 Å². The average Bonchev–Trinajstić information content (AvgIpc) is 3.12. The van der Waals surface area contributed by atoms with E-state index in [-0.39, 0.29) is 11.5 Å². The molecule has 0 aromatic heterocycles. The summed E-state index contributed by atoms with van der Waals surface area (Å²) in [6.07, 6.45) is 2.31. The predicted molar refractivity (Wildman–Crippen MR) is 75.3 cm³/mol. The maximum absolute atomic E-state index is 6.44.